The Kier molecular flexibility index (Phi) is 5.05. The molecule has 0 saturated carbocycles. The molecule has 0 amide bonds. The number of carbonyl (C=O) groups is 1. The molecule has 2 heterocycles. The molecule has 23 heavy (non-hydrogen) atoms. The normalized spacial score (nSPS) is 10.5. The van der Waals surface area contributed by atoms with Gasteiger partial charge in [0.1, 0.15) is 16.8 Å². The Morgan fingerprint density at radius 3 is 2.91 bits per heavy atom. The third-order valence-corrected chi connectivity index (χ3v) is 4.59. The van der Waals surface area contributed by atoms with Gasteiger partial charge in [-0.1, -0.05) is 39.7 Å². The highest BCUT2D eigenvalue weighted by atomic mass is 79.9. The molecule has 2 aromatic heterocycles. The fourth-order valence-electron chi connectivity index (χ4n) is 1.85. The first-order valence-electron chi connectivity index (χ1n) is 6.61. The van der Waals surface area contributed by atoms with E-state index in [0.29, 0.717) is 16.4 Å². The van der Waals surface area contributed by atoms with Gasteiger partial charge in [-0.2, -0.15) is 0 Å². The van der Waals surface area contributed by atoms with Gasteiger partial charge in [-0.3, -0.25) is 0 Å². The molecule has 0 fully saturated rings. The fraction of sp³-hybridized carbons (Fsp3) is 0.0625. The summed E-state index contributed by atoms with van der Waals surface area (Å²) in [6, 6.07) is 11.0. The van der Waals surface area contributed by atoms with Crippen molar-refractivity contribution in [1.29, 1.82) is 0 Å². The van der Waals surface area contributed by atoms with Crippen LogP contribution < -0.4 is 0 Å². The van der Waals surface area contributed by atoms with E-state index < -0.39 is 5.97 Å². The van der Waals surface area contributed by atoms with Gasteiger partial charge in [-0.05, 0) is 24.3 Å². The number of hydrogen-bond donors (Lipinski definition) is 0. The second kappa shape index (κ2) is 7.21. The summed E-state index contributed by atoms with van der Waals surface area (Å²) < 4.78 is 6.23. The summed E-state index contributed by atoms with van der Waals surface area (Å²) in [5, 5.41) is 3.09. The summed E-state index contributed by atoms with van der Waals surface area (Å²) in [4.78, 5) is 20.3. The summed E-state index contributed by atoms with van der Waals surface area (Å²) in [5.74, 6) is -0.453. The lowest BCUT2D eigenvalue weighted by atomic mass is 10.2. The number of aromatic nitrogens is 2. The SMILES string of the molecule is O=C(OCc1csc(-c2cccc(Br)c2)n1)c1ccc(Cl)nc1. The number of halogens is 2. The van der Waals surface area contributed by atoms with E-state index >= 15 is 0 Å². The molecular weight excluding hydrogens is 400 g/mol. The molecule has 0 radical (unpaired) electrons. The van der Waals surface area contributed by atoms with Gasteiger partial charge in [0.25, 0.3) is 0 Å². The first-order valence-corrected chi connectivity index (χ1v) is 8.66. The van der Waals surface area contributed by atoms with E-state index in [4.69, 9.17) is 16.3 Å². The molecule has 4 nitrogen and oxygen atoms in total. The zero-order chi connectivity index (χ0) is 16.2. The first kappa shape index (κ1) is 16.1. The lowest BCUT2D eigenvalue weighted by Gasteiger charge is -2.02. The van der Waals surface area contributed by atoms with Crippen LogP contribution in [0.15, 0.2) is 52.4 Å². The number of carbonyl (C=O) groups excluding carboxylic acids is 1. The number of rotatable bonds is 4. The molecule has 0 N–H and O–H groups in total. The molecule has 116 valence electrons. The molecule has 0 spiro atoms. The van der Waals surface area contributed by atoms with Gasteiger partial charge in [0.2, 0.25) is 0 Å². The predicted octanol–water partition coefficient (Wildman–Crippen LogP) is 4.98. The molecule has 0 saturated heterocycles. The van der Waals surface area contributed by atoms with Crippen molar-refractivity contribution in [2.24, 2.45) is 0 Å². The zero-order valence-corrected chi connectivity index (χ0v) is 14.9. The molecule has 7 heteroatoms. The minimum absolute atomic E-state index is 0.117. The minimum Gasteiger partial charge on any atom is -0.456 e. The number of nitrogens with zero attached hydrogens (tertiary/aromatic N) is 2. The van der Waals surface area contributed by atoms with E-state index in [-0.39, 0.29) is 6.61 Å². The summed E-state index contributed by atoms with van der Waals surface area (Å²) in [6.45, 7) is 0.117. The van der Waals surface area contributed by atoms with Gasteiger partial charge in [0.05, 0.1) is 11.3 Å². The van der Waals surface area contributed by atoms with Gasteiger partial charge in [0, 0.05) is 21.6 Å². The number of thiazole rings is 1. The number of esters is 1. The zero-order valence-electron chi connectivity index (χ0n) is 11.7. The molecule has 0 aliphatic rings. The maximum absolute atomic E-state index is 11.9. The molecule has 0 atom stereocenters. The Balaban J connectivity index is 1.65. The van der Waals surface area contributed by atoms with Crippen LogP contribution in [-0.2, 0) is 11.3 Å². The quantitative estimate of drug-likeness (QED) is 0.450. The highest BCUT2D eigenvalue weighted by Gasteiger charge is 2.10. The van der Waals surface area contributed by atoms with Crippen LogP contribution in [0.5, 0.6) is 0 Å². The highest BCUT2D eigenvalue weighted by molar-refractivity contribution is 9.10. The highest BCUT2D eigenvalue weighted by Crippen LogP contribution is 2.26. The van der Waals surface area contributed by atoms with E-state index in [2.05, 4.69) is 25.9 Å². The Morgan fingerprint density at radius 2 is 2.17 bits per heavy atom. The monoisotopic (exact) mass is 408 g/mol. The Labute approximate surface area is 150 Å². The van der Waals surface area contributed by atoms with Crippen molar-refractivity contribution in [1.82, 2.24) is 9.97 Å². The molecule has 0 aliphatic heterocycles. The number of pyridine rings is 1. The number of benzene rings is 1. The summed E-state index contributed by atoms with van der Waals surface area (Å²) >= 11 is 10.6. The molecule has 0 aliphatic carbocycles. The Bertz CT molecular complexity index is 836. The van der Waals surface area contributed by atoms with Crippen molar-refractivity contribution in [3.05, 3.63) is 68.9 Å². The van der Waals surface area contributed by atoms with Crippen molar-refractivity contribution >= 4 is 44.8 Å². The number of hydrogen-bond acceptors (Lipinski definition) is 5. The largest absolute Gasteiger partial charge is 0.456 e. The lowest BCUT2D eigenvalue weighted by molar-refractivity contribution is 0.0468. The van der Waals surface area contributed by atoms with Crippen LogP contribution >= 0.6 is 38.9 Å². The van der Waals surface area contributed by atoms with Gasteiger partial charge >= 0.3 is 5.97 Å². The van der Waals surface area contributed by atoms with Crippen molar-refractivity contribution < 1.29 is 9.53 Å². The maximum Gasteiger partial charge on any atom is 0.340 e. The van der Waals surface area contributed by atoms with E-state index in [1.807, 2.05) is 29.6 Å². The van der Waals surface area contributed by atoms with Crippen LogP contribution in [0.25, 0.3) is 10.6 Å². The van der Waals surface area contributed by atoms with Crippen LogP contribution in [0.1, 0.15) is 16.1 Å². The Hall–Kier alpha value is -1.76. The molecule has 3 rings (SSSR count). The average Bonchev–Trinajstić information content (AvgIpc) is 3.02. The van der Waals surface area contributed by atoms with Crippen LogP contribution in [0.4, 0.5) is 0 Å². The smallest absolute Gasteiger partial charge is 0.340 e. The van der Waals surface area contributed by atoms with E-state index in [0.717, 1.165) is 15.0 Å². The van der Waals surface area contributed by atoms with Gasteiger partial charge in [-0.15, -0.1) is 11.3 Å². The molecular formula is C16H10BrClN2O2S. The first-order chi connectivity index (χ1) is 11.1. The minimum atomic E-state index is -0.453. The predicted molar refractivity (Wildman–Crippen MR) is 93.6 cm³/mol. The van der Waals surface area contributed by atoms with E-state index in [9.17, 15) is 4.79 Å². The summed E-state index contributed by atoms with van der Waals surface area (Å²) in [5.41, 5.74) is 2.08. The van der Waals surface area contributed by atoms with E-state index in [1.165, 1.54) is 17.5 Å². The average molecular weight is 410 g/mol. The van der Waals surface area contributed by atoms with Gasteiger partial charge in [0.15, 0.2) is 0 Å². The summed E-state index contributed by atoms with van der Waals surface area (Å²) in [7, 11) is 0. The third-order valence-electron chi connectivity index (χ3n) is 2.94. The van der Waals surface area contributed by atoms with Gasteiger partial charge < -0.3 is 4.74 Å². The molecule has 0 bridgehead atoms. The van der Waals surface area contributed by atoms with Crippen molar-refractivity contribution in [3.8, 4) is 10.6 Å². The molecule has 0 unspecified atom stereocenters. The topological polar surface area (TPSA) is 52.1 Å². The second-order valence-corrected chi connectivity index (χ2v) is 6.76. The van der Waals surface area contributed by atoms with Crippen LogP contribution in [0, 0.1) is 0 Å². The third kappa shape index (κ3) is 4.16. The van der Waals surface area contributed by atoms with Crippen LogP contribution in [0.3, 0.4) is 0 Å². The van der Waals surface area contributed by atoms with E-state index in [1.54, 1.807) is 12.1 Å². The van der Waals surface area contributed by atoms with Crippen LogP contribution in [0.2, 0.25) is 5.15 Å². The molecule has 1 aromatic carbocycles. The lowest BCUT2D eigenvalue weighted by Crippen LogP contribution is -2.05. The standard InChI is InChI=1S/C16H10BrClN2O2S/c17-12-3-1-2-10(6-12)15-20-13(9-23-15)8-22-16(21)11-4-5-14(18)19-7-11/h1-7,9H,8H2. The Morgan fingerprint density at radius 1 is 1.30 bits per heavy atom. The molecule has 3 aromatic rings. The second-order valence-electron chi connectivity index (χ2n) is 4.60. The fourth-order valence-corrected chi connectivity index (χ4v) is 3.16. The van der Waals surface area contributed by atoms with Crippen molar-refractivity contribution in [3.63, 3.8) is 0 Å². The van der Waals surface area contributed by atoms with Gasteiger partial charge in [-0.25, -0.2) is 14.8 Å². The number of ether oxygens (including phenoxy) is 1. The summed E-state index contributed by atoms with van der Waals surface area (Å²) in [6.07, 6.45) is 1.39. The maximum atomic E-state index is 11.9. The van der Waals surface area contributed by atoms with Crippen molar-refractivity contribution in [2.45, 2.75) is 6.61 Å². The van der Waals surface area contributed by atoms with Crippen LogP contribution in [-0.4, -0.2) is 15.9 Å². The van der Waals surface area contributed by atoms with Crippen molar-refractivity contribution in [2.75, 3.05) is 0 Å².